The molecule has 0 fully saturated rings. The average Bonchev–Trinajstić information content (AvgIpc) is 3.38. The van der Waals surface area contributed by atoms with Crippen molar-refractivity contribution in [3.63, 3.8) is 0 Å². The minimum atomic E-state index is -0.257. The number of hydrogen-bond donors (Lipinski definition) is 3. The van der Waals surface area contributed by atoms with Crippen LogP contribution in [0.3, 0.4) is 0 Å². The van der Waals surface area contributed by atoms with Crippen LogP contribution in [0.2, 0.25) is 0 Å². The van der Waals surface area contributed by atoms with Crippen molar-refractivity contribution in [1.29, 1.82) is 0 Å². The Balaban J connectivity index is 0.000000575. The molecular formula is C32H39N5O3S. The molecule has 0 aliphatic heterocycles. The molecule has 1 heterocycles. The van der Waals surface area contributed by atoms with Crippen molar-refractivity contribution in [2.24, 2.45) is 0 Å². The second-order valence-corrected chi connectivity index (χ2v) is 10.6. The smallest absolute Gasteiger partial charge is 0.254 e. The fraction of sp³-hybridized carbons (Fsp3) is 0.281. The molecule has 4 aromatic rings. The van der Waals surface area contributed by atoms with E-state index in [1.165, 1.54) is 16.9 Å². The van der Waals surface area contributed by atoms with Crippen LogP contribution in [0.4, 0.5) is 5.69 Å². The van der Waals surface area contributed by atoms with Crippen LogP contribution in [0.5, 0.6) is 5.75 Å². The second kappa shape index (κ2) is 16.2. The highest BCUT2D eigenvalue weighted by Gasteiger charge is 2.17. The number of carbonyl (C=O) groups is 2. The number of nitrogen functional groups attached to an aromatic ring is 1. The zero-order valence-electron chi connectivity index (χ0n) is 24.1. The van der Waals surface area contributed by atoms with E-state index < -0.39 is 0 Å². The fourth-order valence-corrected chi connectivity index (χ4v) is 4.77. The molecule has 0 aliphatic rings. The number of aryl methyl sites for hydroxylation is 2. The SMILES string of the molecule is COc1cccc(CNCCCNC(=O)c2cc(N)cc(C(=O)N(C)Cc3nc(C)cs3)c2)c1.Cc1ccccc1. The van der Waals surface area contributed by atoms with Gasteiger partial charge in [0, 0.05) is 48.0 Å². The molecule has 0 bridgehead atoms. The number of benzene rings is 3. The molecule has 4 N–H and O–H groups in total. The Hall–Kier alpha value is -4.21. The standard InChI is InChI=1S/C25H31N5O3S.C7H8/c1-17-16-34-23(29-17)15-30(2)25(32)20-11-19(12-21(26)13-20)24(31)28-9-5-8-27-14-18-6-4-7-22(10-18)33-3;1-7-5-3-2-4-6-7/h4,6-7,10-13,16,27H,5,8-9,14-15,26H2,1-3H3,(H,28,31);2-6H,1H3. The number of hydrogen-bond acceptors (Lipinski definition) is 7. The third-order valence-corrected chi connectivity index (χ3v) is 7.02. The van der Waals surface area contributed by atoms with E-state index in [-0.39, 0.29) is 11.8 Å². The topological polar surface area (TPSA) is 110 Å². The van der Waals surface area contributed by atoms with Crippen molar-refractivity contribution in [2.75, 3.05) is 33.0 Å². The number of anilines is 1. The third-order valence-electron chi connectivity index (χ3n) is 6.07. The number of ether oxygens (including phenoxy) is 1. The predicted octanol–water partition coefficient (Wildman–Crippen LogP) is 5.22. The summed E-state index contributed by atoms with van der Waals surface area (Å²) < 4.78 is 5.23. The van der Waals surface area contributed by atoms with Gasteiger partial charge in [-0.25, -0.2) is 4.98 Å². The molecule has 0 aliphatic carbocycles. The van der Waals surface area contributed by atoms with Gasteiger partial charge in [0.2, 0.25) is 0 Å². The fourth-order valence-electron chi connectivity index (χ4n) is 3.94. The predicted molar refractivity (Wildman–Crippen MR) is 166 cm³/mol. The molecule has 0 atom stereocenters. The molecule has 0 saturated carbocycles. The number of thiazole rings is 1. The minimum Gasteiger partial charge on any atom is -0.497 e. The number of aromatic nitrogens is 1. The summed E-state index contributed by atoms with van der Waals surface area (Å²) in [4.78, 5) is 31.5. The molecular weight excluding hydrogens is 534 g/mol. The molecule has 216 valence electrons. The minimum absolute atomic E-state index is 0.212. The Morgan fingerprint density at radius 1 is 0.976 bits per heavy atom. The van der Waals surface area contributed by atoms with Crippen LogP contribution in [-0.4, -0.2) is 48.9 Å². The number of amides is 2. The molecule has 3 aromatic carbocycles. The van der Waals surface area contributed by atoms with E-state index in [1.54, 1.807) is 37.3 Å². The van der Waals surface area contributed by atoms with Crippen molar-refractivity contribution < 1.29 is 14.3 Å². The molecule has 0 saturated heterocycles. The molecule has 0 unspecified atom stereocenters. The first-order valence-corrected chi connectivity index (χ1v) is 14.3. The summed E-state index contributed by atoms with van der Waals surface area (Å²) in [5.41, 5.74) is 10.5. The van der Waals surface area contributed by atoms with Gasteiger partial charge in [-0.1, -0.05) is 48.0 Å². The Labute approximate surface area is 246 Å². The molecule has 0 radical (unpaired) electrons. The van der Waals surface area contributed by atoms with E-state index in [0.717, 1.165) is 41.5 Å². The van der Waals surface area contributed by atoms with Gasteiger partial charge >= 0.3 is 0 Å². The third kappa shape index (κ3) is 10.7. The lowest BCUT2D eigenvalue weighted by molar-refractivity contribution is 0.0785. The van der Waals surface area contributed by atoms with Gasteiger partial charge < -0.3 is 26.0 Å². The summed E-state index contributed by atoms with van der Waals surface area (Å²) in [5, 5.41) is 9.05. The molecule has 4 rings (SSSR count). The van der Waals surface area contributed by atoms with Crippen molar-refractivity contribution in [1.82, 2.24) is 20.5 Å². The maximum atomic E-state index is 12.9. The number of nitrogens with zero attached hydrogens (tertiary/aromatic N) is 2. The second-order valence-electron chi connectivity index (χ2n) is 9.68. The molecule has 2 amide bonds. The van der Waals surface area contributed by atoms with Crippen LogP contribution in [0.25, 0.3) is 0 Å². The Kier molecular flexibility index (Phi) is 12.3. The summed E-state index contributed by atoms with van der Waals surface area (Å²) in [6, 6.07) is 22.9. The van der Waals surface area contributed by atoms with Crippen molar-refractivity contribution in [2.45, 2.75) is 33.4 Å². The lowest BCUT2D eigenvalue weighted by atomic mass is 10.1. The first-order chi connectivity index (χ1) is 19.7. The number of methoxy groups -OCH3 is 1. The van der Waals surface area contributed by atoms with E-state index in [1.807, 2.05) is 54.8 Å². The van der Waals surface area contributed by atoms with Gasteiger partial charge in [0.15, 0.2) is 0 Å². The first-order valence-electron chi connectivity index (χ1n) is 13.5. The van der Waals surface area contributed by atoms with Crippen molar-refractivity contribution >= 4 is 28.8 Å². The monoisotopic (exact) mass is 573 g/mol. The summed E-state index contributed by atoms with van der Waals surface area (Å²) in [6.45, 7) is 6.38. The number of nitrogens with two attached hydrogens (primary N) is 1. The average molecular weight is 574 g/mol. The summed E-state index contributed by atoms with van der Waals surface area (Å²) in [5.74, 6) is 0.360. The van der Waals surface area contributed by atoms with Gasteiger partial charge in [-0.15, -0.1) is 11.3 Å². The lowest BCUT2D eigenvalue weighted by Gasteiger charge is -2.17. The zero-order valence-corrected chi connectivity index (χ0v) is 25.0. The quantitative estimate of drug-likeness (QED) is 0.168. The van der Waals surface area contributed by atoms with Crippen LogP contribution in [0.1, 0.15) is 49.0 Å². The van der Waals surface area contributed by atoms with E-state index in [0.29, 0.717) is 29.9 Å². The molecule has 8 nitrogen and oxygen atoms in total. The zero-order chi connectivity index (χ0) is 29.6. The van der Waals surface area contributed by atoms with Gasteiger partial charge in [-0.2, -0.15) is 0 Å². The van der Waals surface area contributed by atoms with Crippen LogP contribution in [0.15, 0.2) is 78.2 Å². The summed E-state index contributed by atoms with van der Waals surface area (Å²) in [7, 11) is 3.36. The van der Waals surface area contributed by atoms with E-state index in [4.69, 9.17) is 10.5 Å². The molecule has 0 spiro atoms. The van der Waals surface area contributed by atoms with E-state index >= 15 is 0 Å². The Morgan fingerprint density at radius 2 is 1.73 bits per heavy atom. The lowest BCUT2D eigenvalue weighted by Crippen LogP contribution is -2.29. The molecule has 9 heteroatoms. The Bertz CT molecular complexity index is 1410. The molecule has 41 heavy (non-hydrogen) atoms. The van der Waals surface area contributed by atoms with E-state index in [9.17, 15) is 9.59 Å². The van der Waals surface area contributed by atoms with Gasteiger partial charge in [0.1, 0.15) is 10.8 Å². The maximum absolute atomic E-state index is 12.9. The summed E-state index contributed by atoms with van der Waals surface area (Å²) >= 11 is 1.51. The van der Waals surface area contributed by atoms with E-state index in [2.05, 4.69) is 34.7 Å². The van der Waals surface area contributed by atoms with Gasteiger partial charge in [-0.3, -0.25) is 9.59 Å². The normalized spacial score (nSPS) is 10.3. The van der Waals surface area contributed by atoms with Gasteiger partial charge in [-0.05, 0) is 62.7 Å². The van der Waals surface area contributed by atoms with Crippen LogP contribution in [0, 0.1) is 13.8 Å². The van der Waals surface area contributed by atoms with Crippen LogP contribution in [-0.2, 0) is 13.1 Å². The maximum Gasteiger partial charge on any atom is 0.254 e. The largest absolute Gasteiger partial charge is 0.497 e. The number of rotatable bonds is 11. The summed E-state index contributed by atoms with van der Waals surface area (Å²) in [6.07, 6.45) is 0.764. The van der Waals surface area contributed by atoms with Gasteiger partial charge in [0.25, 0.3) is 11.8 Å². The highest BCUT2D eigenvalue weighted by molar-refractivity contribution is 7.09. The van der Waals surface area contributed by atoms with Crippen LogP contribution < -0.4 is 21.1 Å². The molecule has 1 aromatic heterocycles. The number of nitrogens with one attached hydrogen (secondary N) is 2. The van der Waals surface area contributed by atoms with Gasteiger partial charge in [0.05, 0.1) is 13.7 Å². The number of carbonyl (C=O) groups excluding carboxylic acids is 2. The first kappa shape index (κ1) is 31.3. The van der Waals surface area contributed by atoms with Crippen molar-refractivity contribution in [3.05, 3.63) is 111 Å². The van der Waals surface area contributed by atoms with Crippen molar-refractivity contribution in [3.8, 4) is 5.75 Å². The Morgan fingerprint density at radius 3 is 2.39 bits per heavy atom. The highest BCUT2D eigenvalue weighted by Crippen LogP contribution is 2.17. The highest BCUT2D eigenvalue weighted by atomic mass is 32.1. The van der Waals surface area contributed by atoms with Crippen LogP contribution >= 0.6 is 11.3 Å².